The number of rotatable bonds is 6. The van der Waals surface area contributed by atoms with Gasteiger partial charge in [-0.3, -0.25) is 9.48 Å². The van der Waals surface area contributed by atoms with E-state index in [0.29, 0.717) is 24.1 Å². The fourth-order valence-corrected chi connectivity index (χ4v) is 2.13. The van der Waals surface area contributed by atoms with Gasteiger partial charge in [0.15, 0.2) is 0 Å². The Balaban J connectivity index is 2.16. The summed E-state index contributed by atoms with van der Waals surface area (Å²) in [6, 6.07) is 1.41. The van der Waals surface area contributed by atoms with Crippen LogP contribution in [0.3, 0.4) is 0 Å². The van der Waals surface area contributed by atoms with E-state index >= 15 is 0 Å². The maximum absolute atomic E-state index is 12.0. The third-order valence-electron chi connectivity index (χ3n) is 3.04. The summed E-state index contributed by atoms with van der Waals surface area (Å²) >= 11 is 6.15. The Morgan fingerprint density at radius 2 is 2.24 bits per heavy atom. The first-order valence-electron chi connectivity index (χ1n) is 6.61. The number of nitrogens with zero attached hydrogens (tertiary/aromatic N) is 4. The van der Waals surface area contributed by atoms with Gasteiger partial charge in [-0.2, -0.15) is 10.2 Å². The summed E-state index contributed by atoms with van der Waals surface area (Å²) in [6.07, 6.45) is 2.24. The third-order valence-corrected chi connectivity index (χ3v) is 3.51. The summed E-state index contributed by atoms with van der Waals surface area (Å²) in [5.41, 5.74) is 6.69. The van der Waals surface area contributed by atoms with E-state index in [1.807, 2.05) is 6.92 Å². The lowest BCUT2D eigenvalue weighted by atomic mass is 10.2. The Morgan fingerprint density at radius 1 is 1.48 bits per heavy atom. The lowest BCUT2D eigenvalue weighted by Crippen LogP contribution is -2.23. The highest BCUT2D eigenvalue weighted by Gasteiger charge is 2.13. The number of nitrogens with two attached hydrogens (primary N) is 1. The van der Waals surface area contributed by atoms with Crippen LogP contribution in [0.5, 0.6) is 5.75 Å². The van der Waals surface area contributed by atoms with Crippen molar-refractivity contribution >= 4 is 11.6 Å². The number of aromatic nitrogens is 4. The normalized spacial score (nSPS) is 10.9. The van der Waals surface area contributed by atoms with Gasteiger partial charge in [-0.15, -0.1) is 0 Å². The molecular weight excluding hydrogens is 294 g/mol. The molecule has 0 saturated carbocycles. The zero-order valence-corrected chi connectivity index (χ0v) is 12.8. The lowest BCUT2D eigenvalue weighted by Gasteiger charge is -2.07. The van der Waals surface area contributed by atoms with Gasteiger partial charge in [0.05, 0.1) is 25.0 Å². The first kappa shape index (κ1) is 15.5. The Labute approximate surface area is 127 Å². The molecule has 0 aromatic carbocycles. The van der Waals surface area contributed by atoms with E-state index in [-0.39, 0.29) is 12.1 Å². The van der Waals surface area contributed by atoms with Crippen molar-refractivity contribution in [3.63, 3.8) is 0 Å². The van der Waals surface area contributed by atoms with Crippen LogP contribution in [0.1, 0.15) is 17.7 Å². The molecule has 0 unspecified atom stereocenters. The summed E-state index contributed by atoms with van der Waals surface area (Å²) in [6.45, 7) is 3.13. The molecule has 0 spiro atoms. The quantitative estimate of drug-likeness (QED) is 0.794. The molecule has 0 atom stereocenters. The molecule has 0 aliphatic carbocycles. The number of hydrogen-bond donors (Lipinski definition) is 1. The standard InChI is InChI=1S/C13H18ClN5O2/c1-9-11(13(14)18(2)17-9)8-19-12(20)6-10(7-16-19)21-5-3-4-15/h6-7H,3-5,8,15H2,1-2H3. The maximum Gasteiger partial charge on any atom is 0.270 e. The van der Waals surface area contributed by atoms with Crippen LogP contribution in [0.2, 0.25) is 5.15 Å². The zero-order valence-electron chi connectivity index (χ0n) is 12.0. The second-order valence-electron chi connectivity index (χ2n) is 4.66. The van der Waals surface area contributed by atoms with Crippen LogP contribution in [-0.4, -0.2) is 32.7 Å². The van der Waals surface area contributed by atoms with Crippen LogP contribution in [-0.2, 0) is 13.6 Å². The van der Waals surface area contributed by atoms with E-state index in [2.05, 4.69) is 10.2 Å². The van der Waals surface area contributed by atoms with Gasteiger partial charge in [0.2, 0.25) is 0 Å². The number of hydrogen-bond acceptors (Lipinski definition) is 5. The van der Waals surface area contributed by atoms with E-state index in [1.54, 1.807) is 11.7 Å². The summed E-state index contributed by atoms with van der Waals surface area (Å²) < 4.78 is 8.28. The van der Waals surface area contributed by atoms with Crippen LogP contribution in [0.4, 0.5) is 0 Å². The summed E-state index contributed by atoms with van der Waals surface area (Å²) in [5.74, 6) is 0.443. The van der Waals surface area contributed by atoms with E-state index in [1.165, 1.54) is 16.9 Å². The lowest BCUT2D eigenvalue weighted by molar-refractivity contribution is 0.309. The Morgan fingerprint density at radius 3 is 2.81 bits per heavy atom. The van der Waals surface area contributed by atoms with Crippen molar-refractivity contribution in [2.45, 2.75) is 19.9 Å². The van der Waals surface area contributed by atoms with Gasteiger partial charge in [-0.05, 0) is 19.9 Å². The zero-order chi connectivity index (χ0) is 15.4. The highest BCUT2D eigenvalue weighted by molar-refractivity contribution is 6.30. The van der Waals surface area contributed by atoms with Crippen molar-refractivity contribution in [1.29, 1.82) is 0 Å². The molecule has 0 aliphatic heterocycles. The van der Waals surface area contributed by atoms with Crippen LogP contribution in [0.25, 0.3) is 0 Å². The van der Waals surface area contributed by atoms with E-state index < -0.39 is 0 Å². The molecular formula is C13H18ClN5O2. The summed E-state index contributed by atoms with van der Waals surface area (Å²) in [7, 11) is 1.75. The second kappa shape index (κ2) is 6.73. The summed E-state index contributed by atoms with van der Waals surface area (Å²) in [5, 5.41) is 8.81. The molecule has 0 radical (unpaired) electrons. The third kappa shape index (κ3) is 3.62. The van der Waals surface area contributed by atoms with E-state index in [9.17, 15) is 4.79 Å². The number of aryl methyl sites for hydroxylation is 2. The molecule has 2 heterocycles. The van der Waals surface area contributed by atoms with Crippen molar-refractivity contribution in [3.8, 4) is 5.75 Å². The Bertz CT molecular complexity index is 680. The minimum atomic E-state index is -0.250. The highest BCUT2D eigenvalue weighted by atomic mass is 35.5. The SMILES string of the molecule is Cc1nn(C)c(Cl)c1Cn1ncc(OCCCN)cc1=O. The molecule has 0 bridgehead atoms. The van der Waals surface area contributed by atoms with Gasteiger partial charge in [-0.1, -0.05) is 11.6 Å². The molecule has 2 aromatic heterocycles. The first-order valence-corrected chi connectivity index (χ1v) is 6.98. The second-order valence-corrected chi connectivity index (χ2v) is 5.01. The molecule has 8 heteroatoms. The molecule has 0 aliphatic rings. The Hall–Kier alpha value is -1.86. The molecule has 2 aromatic rings. The van der Waals surface area contributed by atoms with Crippen LogP contribution in [0.15, 0.2) is 17.1 Å². The molecule has 0 amide bonds. The highest BCUT2D eigenvalue weighted by Crippen LogP contribution is 2.19. The van der Waals surface area contributed by atoms with Gasteiger partial charge in [0.1, 0.15) is 10.9 Å². The minimum absolute atomic E-state index is 0.250. The smallest absolute Gasteiger partial charge is 0.270 e. The van der Waals surface area contributed by atoms with Gasteiger partial charge in [0.25, 0.3) is 5.56 Å². The summed E-state index contributed by atoms with van der Waals surface area (Å²) in [4.78, 5) is 12.0. The van der Waals surface area contributed by atoms with Gasteiger partial charge >= 0.3 is 0 Å². The average molecular weight is 312 g/mol. The fraction of sp³-hybridized carbons (Fsp3) is 0.462. The van der Waals surface area contributed by atoms with Crippen LogP contribution >= 0.6 is 11.6 Å². The number of halogens is 1. The molecule has 2 rings (SSSR count). The largest absolute Gasteiger partial charge is 0.492 e. The number of ether oxygens (including phenoxy) is 1. The first-order chi connectivity index (χ1) is 10.0. The average Bonchev–Trinajstić information content (AvgIpc) is 2.68. The predicted molar refractivity (Wildman–Crippen MR) is 79.7 cm³/mol. The molecule has 0 saturated heterocycles. The monoisotopic (exact) mass is 311 g/mol. The van der Waals surface area contributed by atoms with Crippen molar-refractivity contribution in [3.05, 3.63) is 39.0 Å². The van der Waals surface area contributed by atoms with Gasteiger partial charge in [0, 0.05) is 18.7 Å². The van der Waals surface area contributed by atoms with Crippen LogP contribution < -0.4 is 16.0 Å². The topological polar surface area (TPSA) is 88.0 Å². The predicted octanol–water partition coefficient (Wildman–Crippen LogP) is 0.715. The van der Waals surface area contributed by atoms with Crippen molar-refractivity contribution in [2.75, 3.05) is 13.2 Å². The van der Waals surface area contributed by atoms with E-state index in [0.717, 1.165) is 17.7 Å². The molecule has 0 fully saturated rings. The minimum Gasteiger partial charge on any atom is -0.492 e. The molecule has 7 nitrogen and oxygen atoms in total. The molecule has 2 N–H and O–H groups in total. The molecule has 114 valence electrons. The Kier molecular flexibility index (Phi) is 4.98. The van der Waals surface area contributed by atoms with Gasteiger partial charge in [-0.25, -0.2) is 4.68 Å². The molecule has 21 heavy (non-hydrogen) atoms. The van der Waals surface area contributed by atoms with Crippen molar-refractivity contribution < 1.29 is 4.74 Å². The fourth-order valence-electron chi connectivity index (χ4n) is 1.89. The van der Waals surface area contributed by atoms with E-state index in [4.69, 9.17) is 22.1 Å². The van der Waals surface area contributed by atoms with Gasteiger partial charge < -0.3 is 10.5 Å². The van der Waals surface area contributed by atoms with Crippen LogP contribution in [0, 0.1) is 6.92 Å². The van der Waals surface area contributed by atoms with Crippen molar-refractivity contribution in [2.24, 2.45) is 12.8 Å². The van der Waals surface area contributed by atoms with Crippen molar-refractivity contribution in [1.82, 2.24) is 19.6 Å². The maximum atomic E-state index is 12.0.